The molecule has 0 spiro atoms. The molecule has 0 aliphatic carbocycles. The first-order valence-electron chi connectivity index (χ1n) is 7.68. The van der Waals surface area contributed by atoms with Crippen molar-refractivity contribution in [3.05, 3.63) is 33.4 Å². The quantitative estimate of drug-likeness (QED) is 0.717. The van der Waals surface area contributed by atoms with Gasteiger partial charge in [-0.15, -0.1) is 0 Å². The van der Waals surface area contributed by atoms with Gasteiger partial charge in [0.15, 0.2) is 5.65 Å². The summed E-state index contributed by atoms with van der Waals surface area (Å²) in [6, 6.07) is 1.10. The Morgan fingerprint density at radius 2 is 2.30 bits per heavy atom. The third kappa shape index (κ3) is 2.99. The van der Waals surface area contributed by atoms with Crippen LogP contribution in [0.5, 0.6) is 0 Å². The lowest BCUT2D eigenvalue weighted by Crippen LogP contribution is -2.55. The topological polar surface area (TPSA) is 101 Å². The monoisotopic (exact) mass is 319 g/mol. The standard InChI is InChI=1S/C15H21N5O3/c1-8-11(9(2)20-12(18-8)6-13(21)19-20)7-17-15(22)14-10(3)23-5-4-16-14/h6,10,14,16H,4-5,7H2,1-3H3,(H,17,22)(H,19,21)/t10-,14+/m1/s1. The molecule has 8 heteroatoms. The molecule has 2 aromatic rings. The first-order valence-corrected chi connectivity index (χ1v) is 7.68. The summed E-state index contributed by atoms with van der Waals surface area (Å²) in [7, 11) is 0. The predicted molar refractivity (Wildman–Crippen MR) is 84.3 cm³/mol. The van der Waals surface area contributed by atoms with Crippen molar-refractivity contribution in [2.75, 3.05) is 13.2 Å². The number of aromatic amines is 1. The molecular weight excluding hydrogens is 298 g/mol. The molecular formula is C15H21N5O3. The number of hydrogen-bond acceptors (Lipinski definition) is 5. The fourth-order valence-corrected chi connectivity index (χ4v) is 2.92. The number of carbonyl (C=O) groups is 1. The normalized spacial score (nSPS) is 21.5. The number of fused-ring (bicyclic) bond motifs is 1. The second-order valence-corrected chi connectivity index (χ2v) is 5.80. The van der Waals surface area contributed by atoms with Crippen LogP contribution in [0.1, 0.15) is 23.9 Å². The highest BCUT2D eigenvalue weighted by molar-refractivity contribution is 5.82. The molecule has 124 valence electrons. The third-order valence-electron chi connectivity index (χ3n) is 4.24. The van der Waals surface area contributed by atoms with Crippen molar-refractivity contribution in [3.63, 3.8) is 0 Å². The van der Waals surface area contributed by atoms with Crippen LogP contribution in [0.3, 0.4) is 0 Å². The van der Waals surface area contributed by atoms with Crippen LogP contribution >= 0.6 is 0 Å². The molecule has 1 saturated heterocycles. The second kappa shape index (κ2) is 6.13. The van der Waals surface area contributed by atoms with Crippen LogP contribution in [0, 0.1) is 13.8 Å². The van der Waals surface area contributed by atoms with E-state index in [2.05, 4.69) is 20.7 Å². The van der Waals surface area contributed by atoms with Crippen molar-refractivity contribution < 1.29 is 9.53 Å². The van der Waals surface area contributed by atoms with Gasteiger partial charge in [-0.05, 0) is 20.8 Å². The van der Waals surface area contributed by atoms with E-state index in [4.69, 9.17) is 4.74 Å². The number of aryl methyl sites for hydroxylation is 2. The number of amides is 1. The number of morpholine rings is 1. The van der Waals surface area contributed by atoms with Crippen LogP contribution in [-0.4, -0.2) is 45.8 Å². The van der Waals surface area contributed by atoms with Crippen molar-refractivity contribution in [1.82, 2.24) is 25.2 Å². The number of aromatic nitrogens is 3. The van der Waals surface area contributed by atoms with E-state index in [-0.39, 0.29) is 23.6 Å². The Morgan fingerprint density at radius 1 is 1.52 bits per heavy atom. The summed E-state index contributed by atoms with van der Waals surface area (Å²) in [4.78, 5) is 28.2. The molecule has 3 heterocycles. The average Bonchev–Trinajstić information content (AvgIpc) is 2.88. The average molecular weight is 319 g/mol. The Hall–Kier alpha value is -2.19. The molecule has 1 aliphatic heterocycles. The van der Waals surface area contributed by atoms with E-state index in [1.54, 1.807) is 4.52 Å². The maximum absolute atomic E-state index is 12.3. The minimum absolute atomic E-state index is 0.0999. The highest BCUT2D eigenvalue weighted by Gasteiger charge is 2.28. The van der Waals surface area contributed by atoms with Crippen LogP contribution in [0.4, 0.5) is 0 Å². The molecule has 0 aromatic carbocycles. The van der Waals surface area contributed by atoms with Gasteiger partial charge in [0.25, 0.3) is 5.56 Å². The van der Waals surface area contributed by atoms with Gasteiger partial charge in [-0.1, -0.05) is 0 Å². The summed E-state index contributed by atoms with van der Waals surface area (Å²) >= 11 is 0. The summed E-state index contributed by atoms with van der Waals surface area (Å²) in [5.74, 6) is -0.0999. The van der Waals surface area contributed by atoms with Crippen LogP contribution in [0.2, 0.25) is 0 Å². The number of hydrogen-bond donors (Lipinski definition) is 3. The Labute approximate surface area is 133 Å². The highest BCUT2D eigenvalue weighted by Crippen LogP contribution is 2.13. The Balaban J connectivity index is 1.78. The number of H-pyrrole nitrogens is 1. The van der Waals surface area contributed by atoms with E-state index in [1.807, 2.05) is 20.8 Å². The molecule has 0 bridgehead atoms. The minimum atomic E-state index is -0.354. The lowest BCUT2D eigenvalue weighted by molar-refractivity contribution is -0.129. The van der Waals surface area contributed by atoms with Crippen LogP contribution in [-0.2, 0) is 16.1 Å². The van der Waals surface area contributed by atoms with Crippen LogP contribution in [0.15, 0.2) is 10.9 Å². The van der Waals surface area contributed by atoms with Gasteiger partial charge < -0.3 is 15.4 Å². The molecule has 2 aromatic heterocycles. The molecule has 8 nitrogen and oxygen atoms in total. The summed E-state index contributed by atoms with van der Waals surface area (Å²) in [6.07, 6.45) is -0.160. The van der Waals surface area contributed by atoms with Crippen molar-refractivity contribution >= 4 is 11.6 Å². The van der Waals surface area contributed by atoms with Crippen molar-refractivity contribution in [2.24, 2.45) is 0 Å². The molecule has 3 rings (SSSR count). The molecule has 0 saturated carbocycles. The first-order chi connectivity index (χ1) is 11.0. The fourth-order valence-electron chi connectivity index (χ4n) is 2.92. The molecule has 1 amide bonds. The van der Waals surface area contributed by atoms with Gasteiger partial charge in [0.05, 0.1) is 12.7 Å². The number of carbonyl (C=O) groups excluding carboxylic acids is 1. The minimum Gasteiger partial charge on any atom is -0.375 e. The van der Waals surface area contributed by atoms with Crippen molar-refractivity contribution in [2.45, 2.75) is 39.5 Å². The van der Waals surface area contributed by atoms with Crippen molar-refractivity contribution in [3.8, 4) is 0 Å². The molecule has 0 unspecified atom stereocenters. The maximum Gasteiger partial charge on any atom is 0.266 e. The lowest BCUT2D eigenvalue weighted by Gasteiger charge is -2.29. The largest absolute Gasteiger partial charge is 0.375 e. The van der Waals surface area contributed by atoms with E-state index in [9.17, 15) is 9.59 Å². The van der Waals surface area contributed by atoms with Gasteiger partial charge in [-0.25, -0.2) is 9.50 Å². The van der Waals surface area contributed by atoms with Gasteiger partial charge in [0.2, 0.25) is 5.91 Å². The van der Waals surface area contributed by atoms with Crippen LogP contribution in [0.25, 0.3) is 5.65 Å². The van der Waals surface area contributed by atoms with E-state index in [1.165, 1.54) is 6.07 Å². The van der Waals surface area contributed by atoms with E-state index >= 15 is 0 Å². The van der Waals surface area contributed by atoms with Crippen molar-refractivity contribution in [1.29, 1.82) is 0 Å². The SMILES string of the molecule is Cc1nc2cc(=O)[nH]n2c(C)c1CNC(=O)[C@H]1NCCO[C@@H]1C. The fraction of sp³-hybridized carbons (Fsp3) is 0.533. The Morgan fingerprint density at radius 3 is 3.04 bits per heavy atom. The zero-order chi connectivity index (χ0) is 16.6. The second-order valence-electron chi connectivity index (χ2n) is 5.80. The third-order valence-corrected chi connectivity index (χ3v) is 4.24. The predicted octanol–water partition coefficient (Wildman–Crippen LogP) is -0.367. The summed E-state index contributed by atoms with van der Waals surface area (Å²) in [5.41, 5.74) is 2.93. The van der Waals surface area contributed by atoms with E-state index in [0.717, 1.165) is 17.0 Å². The molecule has 23 heavy (non-hydrogen) atoms. The maximum atomic E-state index is 12.3. The lowest BCUT2D eigenvalue weighted by atomic mass is 10.1. The summed E-state index contributed by atoms with van der Waals surface area (Å²) in [5, 5.41) is 8.79. The molecule has 2 atom stereocenters. The Bertz CT molecular complexity index is 794. The van der Waals surface area contributed by atoms with E-state index in [0.29, 0.717) is 25.3 Å². The number of nitrogens with zero attached hydrogens (tertiary/aromatic N) is 2. The highest BCUT2D eigenvalue weighted by atomic mass is 16.5. The zero-order valence-corrected chi connectivity index (χ0v) is 13.5. The number of ether oxygens (including phenoxy) is 1. The number of nitrogens with one attached hydrogen (secondary N) is 3. The molecule has 1 aliphatic rings. The molecule has 1 fully saturated rings. The van der Waals surface area contributed by atoms with Gasteiger partial charge in [-0.2, -0.15) is 0 Å². The Kier molecular flexibility index (Phi) is 4.18. The summed E-state index contributed by atoms with van der Waals surface area (Å²) < 4.78 is 7.13. The zero-order valence-electron chi connectivity index (χ0n) is 13.5. The van der Waals surface area contributed by atoms with Gasteiger partial charge in [0.1, 0.15) is 6.04 Å². The smallest absolute Gasteiger partial charge is 0.266 e. The first kappa shape index (κ1) is 15.7. The summed E-state index contributed by atoms with van der Waals surface area (Å²) in [6.45, 7) is 7.28. The van der Waals surface area contributed by atoms with E-state index < -0.39 is 0 Å². The number of rotatable bonds is 3. The van der Waals surface area contributed by atoms with Gasteiger partial charge in [0, 0.05) is 36.1 Å². The van der Waals surface area contributed by atoms with Gasteiger partial charge in [-0.3, -0.25) is 14.7 Å². The molecule has 0 radical (unpaired) electrons. The van der Waals surface area contributed by atoms with Gasteiger partial charge >= 0.3 is 0 Å². The molecule has 3 N–H and O–H groups in total. The van der Waals surface area contributed by atoms with Crippen LogP contribution < -0.4 is 16.2 Å².